The molecule has 1 aliphatic heterocycles. The number of fused-ring (bicyclic) bond motifs is 1. The molecule has 30 nitrogen and oxygen atoms in total. The average molecular weight is 1210 g/mol. The Labute approximate surface area is 493 Å². The number of carbonyl (C=O) groups excluding carboxylic acids is 8. The normalized spacial score (nSPS) is 15.1. The quantitative estimate of drug-likeness (QED) is 0.0150. The molecular weight excluding hydrogens is 1120 g/mol. The van der Waals surface area contributed by atoms with E-state index in [0.717, 1.165) is 0 Å². The number of hydrogen-bond donors (Lipinski definition) is 15. The summed E-state index contributed by atoms with van der Waals surface area (Å²) in [5.41, 5.74) is 34.5. The standard InChI is InChI=1S/C54H82N18O12S/c1-2-3-15-37(67-47(76)38(16-9-25-64-54(59)60)70-50(79)42-17-10-29-72(42)51(80)36(56)14-8-24-63-53(57)58)46(75)68-39(48(77)69-40(21-23-55)49(78)71-41(52(81)82)30-33-11-5-4-6-12-33)19-20-44(73)65-32-45(74)62-27-28-66-85(83,84)43-18-7-13-34-31-61-26-22-35(34)43/h4-7,11-13,18,22,26,31,36-42,66H,2-3,8-10,14-17,19-21,23-25,27-30,32,55-56H2,1H3,(H,62,74)(H,65,73)(H,67,76)(H,68,75)(H,69,77)(H,70,79)(H,71,78)(H,81,82)(H4,57,58,63)(H4,59,60,64)/t36-,37-,38-,39-,40-,41-,42-/m0/s1. The van der Waals surface area contributed by atoms with Crippen LogP contribution in [0.3, 0.4) is 0 Å². The van der Waals surface area contributed by atoms with E-state index in [1.54, 1.807) is 48.5 Å². The number of benzene rings is 2. The maximum Gasteiger partial charge on any atom is 0.326 e. The Morgan fingerprint density at radius 1 is 0.694 bits per heavy atom. The van der Waals surface area contributed by atoms with E-state index < -0.39 is 125 Å². The lowest BCUT2D eigenvalue weighted by Crippen LogP contribution is -2.60. The van der Waals surface area contributed by atoms with Crippen molar-refractivity contribution in [3.8, 4) is 0 Å². The minimum atomic E-state index is -4.01. The molecule has 4 rings (SSSR count). The van der Waals surface area contributed by atoms with Crippen molar-refractivity contribution in [3.63, 3.8) is 0 Å². The number of carboxylic acid groups (broad SMARTS) is 1. The first-order chi connectivity index (χ1) is 40.5. The van der Waals surface area contributed by atoms with Crippen LogP contribution >= 0.6 is 0 Å². The number of sulfonamides is 1. The van der Waals surface area contributed by atoms with Gasteiger partial charge in [0.25, 0.3) is 0 Å². The lowest BCUT2D eigenvalue weighted by molar-refractivity contribution is -0.142. The second-order valence-corrected chi connectivity index (χ2v) is 21.9. The molecule has 0 spiro atoms. The molecular formula is C54H82N18O12S. The number of likely N-dealkylation sites (tertiary alicyclic amines) is 1. The molecule has 0 bridgehead atoms. The summed E-state index contributed by atoms with van der Waals surface area (Å²) < 4.78 is 28.7. The van der Waals surface area contributed by atoms with Crippen molar-refractivity contribution >= 4 is 85.9 Å². The Kier molecular flexibility index (Phi) is 28.8. The van der Waals surface area contributed by atoms with Gasteiger partial charge in [-0.25, -0.2) is 17.9 Å². The number of amides is 8. The SMILES string of the molecule is CCCC[C@H](NC(=O)[C@H](CCCN=C(N)N)NC(=O)[C@@H]1CCCN1C(=O)[C@@H](N)CCCN=C(N)N)C(=O)N[C@@H](CCC(=O)NCC(=O)NCCNS(=O)(=O)c1cccc2cnccc12)C(=O)N[C@@H](CCN)C(=O)N[C@@H](Cc1ccccc1)C(=O)O. The highest BCUT2D eigenvalue weighted by molar-refractivity contribution is 7.89. The maximum absolute atomic E-state index is 14.4. The number of rotatable bonds is 37. The van der Waals surface area contributed by atoms with Crippen LogP contribution in [0.2, 0.25) is 0 Å². The predicted octanol–water partition coefficient (Wildman–Crippen LogP) is -3.76. The van der Waals surface area contributed by atoms with Crippen LogP contribution in [0.4, 0.5) is 0 Å². The van der Waals surface area contributed by atoms with Crippen LogP contribution in [-0.4, -0.2) is 177 Å². The zero-order valence-electron chi connectivity index (χ0n) is 47.6. The van der Waals surface area contributed by atoms with Crippen molar-refractivity contribution in [1.82, 2.24) is 51.8 Å². The van der Waals surface area contributed by atoms with Crippen molar-refractivity contribution < 1.29 is 56.7 Å². The molecule has 8 amide bonds. The number of guanidine groups is 2. The van der Waals surface area contributed by atoms with Gasteiger partial charge in [0.2, 0.25) is 57.3 Å². The third-order valence-electron chi connectivity index (χ3n) is 13.6. The number of aromatic nitrogens is 1. The lowest BCUT2D eigenvalue weighted by atomic mass is 10.0. The number of carboxylic acids is 1. The number of hydrogen-bond acceptors (Lipinski definition) is 16. The Hall–Kier alpha value is -8.55. The summed E-state index contributed by atoms with van der Waals surface area (Å²) >= 11 is 0. The van der Waals surface area contributed by atoms with Gasteiger partial charge in [-0.2, -0.15) is 0 Å². The molecule has 1 saturated heterocycles. The molecule has 7 atom stereocenters. The number of carbonyl (C=O) groups is 9. The second kappa shape index (κ2) is 35.6. The maximum atomic E-state index is 14.4. The molecule has 0 unspecified atom stereocenters. The zero-order valence-corrected chi connectivity index (χ0v) is 48.5. The highest BCUT2D eigenvalue weighted by Gasteiger charge is 2.38. The van der Waals surface area contributed by atoms with E-state index in [0.29, 0.717) is 42.0 Å². The highest BCUT2D eigenvalue weighted by Crippen LogP contribution is 2.22. The predicted molar refractivity (Wildman–Crippen MR) is 315 cm³/mol. The van der Waals surface area contributed by atoms with Crippen LogP contribution in [0.1, 0.15) is 89.5 Å². The van der Waals surface area contributed by atoms with Gasteiger partial charge < -0.3 is 81.6 Å². The van der Waals surface area contributed by atoms with Gasteiger partial charge in [0.05, 0.1) is 17.5 Å². The number of aliphatic carboxylic acids is 1. The van der Waals surface area contributed by atoms with Gasteiger partial charge in [-0.15, -0.1) is 0 Å². The smallest absolute Gasteiger partial charge is 0.326 e. The van der Waals surface area contributed by atoms with Crippen molar-refractivity contribution in [1.29, 1.82) is 0 Å². The average Bonchev–Trinajstić information content (AvgIpc) is 2.73. The summed E-state index contributed by atoms with van der Waals surface area (Å²) in [5, 5.41) is 29.0. The largest absolute Gasteiger partial charge is 0.480 e. The van der Waals surface area contributed by atoms with Crippen LogP contribution in [0, 0.1) is 0 Å². The van der Waals surface area contributed by atoms with E-state index in [9.17, 15) is 56.7 Å². The van der Waals surface area contributed by atoms with Crippen LogP contribution < -0.4 is 76.3 Å². The first-order valence-corrected chi connectivity index (χ1v) is 29.5. The van der Waals surface area contributed by atoms with Gasteiger partial charge >= 0.3 is 5.97 Å². The van der Waals surface area contributed by atoms with Gasteiger partial charge in [-0.3, -0.25) is 53.3 Å². The van der Waals surface area contributed by atoms with Crippen LogP contribution in [0.25, 0.3) is 10.8 Å². The minimum absolute atomic E-state index is 0.0111. The molecule has 466 valence electrons. The van der Waals surface area contributed by atoms with E-state index in [-0.39, 0.29) is 101 Å². The molecule has 31 heteroatoms. The number of nitrogens with two attached hydrogens (primary N) is 6. The number of nitrogens with one attached hydrogen (secondary N) is 8. The van der Waals surface area contributed by atoms with Gasteiger partial charge in [-0.05, 0) is 82.0 Å². The summed E-state index contributed by atoms with van der Waals surface area (Å²) in [6.07, 6.45) is 4.12. The van der Waals surface area contributed by atoms with Crippen molar-refractivity contribution in [2.45, 2.75) is 138 Å². The van der Waals surface area contributed by atoms with E-state index in [1.807, 2.05) is 6.92 Å². The van der Waals surface area contributed by atoms with Crippen molar-refractivity contribution in [3.05, 3.63) is 72.6 Å². The fraction of sp³-hybridized carbons (Fsp3) is 0.519. The summed E-state index contributed by atoms with van der Waals surface area (Å²) in [7, 11) is -4.01. The van der Waals surface area contributed by atoms with Gasteiger partial charge in [0.15, 0.2) is 11.9 Å². The molecule has 2 aromatic carbocycles. The summed E-state index contributed by atoms with van der Waals surface area (Å²) in [4.78, 5) is 136. The first-order valence-electron chi connectivity index (χ1n) is 28.1. The van der Waals surface area contributed by atoms with E-state index in [1.165, 1.54) is 23.4 Å². The lowest BCUT2D eigenvalue weighted by Gasteiger charge is -2.29. The Balaban J connectivity index is 1.51. The molecule has 0 saturated carbocycles. The third kappa shape index (κ3) is 23.6. The first kappa shape index (κ1) is 68.9. The number of aliphatic imine (C=N–C) groups is 2. The summed E-state index contributed by atoms with van der Waals surface area (Å²) in [5.74, 6) is -7.93. The van der Waals surface area contributed by atoms with Crippen LogP contribution in [-0.2, 0) is 59.6 Å². The van der Waals surface area contributed by atoms with E-state index >= 15 is 0 Å². The third-order valence-corrected chi connectivity index (χ3v) is 15.1. The molecule has 0 aliphatic carbocycles. The van der Waals surface area contributed by atoms with Gasteiger partial charge in [0, 0.05) is 68.7 Å². The Bertz CT molecular complexity index is 2920. The summed E-state index contributed by atoms with van der Waals surface area (Å²) in [6, 6.07) is 5.60. The van der Waals surface area contributed by atoms with Crippen LogP contribution in [0.15, 0.2) is 81.9 Å². The minimum Gasteiger partial charge on any atom is -0.480 e. The van der Waals surface area contributed by atoms with E-state index in [4.69, 9.17) is 34.4 Å². The molecule has 3 aromatic rings. The number of unbranched alkanes of at least 4 members (excludes halogenated alkanes) is 1. The second-order valence-electron chi connectivity index (χ2n) is 20.2. The molecule has 1 aliphatic rings. The van der Waals surface area contributed by atoms with Crippen molar-refractivity contribution in [2.75, 3.05) is 45.8 Å². The zero-order chi connectivity index (χ0) is 62.5. The fourth-order valence-corrected chi connectivity index (χ4v) is 10.4. The van der Waals surface area contributed by atoms with Gasteiger partial charge in [-0.1, -0.05) is 62.2 Å². The van der Waals surface area contributed by atoms with E-state index in [2.05, 4.69) is 56.9 Å². The molecule has 2 heterocycles. The highest BCUT2D eigenvalue weighted by atomic mass is 32.2. The monoisotopic (exact) mass is 1210 g/mol. The Morgan fingerprint density at radius 2 is 1.28 bits per heavy atom. The molecule has 21 N–H and O–H groups in total. The van der Waals surface area contributed by atoms with Crippen LogP contribution in [0.5, 0.6) is 0 Å². The molecule has 85 heavy (non-hydrogen) atoms. The number of pyridine rings is 1. The van der Waals surface area contributed by atoms with Gasteiger partial charge in [0.1, 0.15) is 36.3 Å². The number of nitrogens with zero attached hydrogens (tertiary/aromatic N) is 4. The Morgan fingerprint density at radius 3 is 1.89 bits per heavy atom. The van der Waals surface area contributed by atoms with Crippen molar-refractivity contribution in [2.24, 2.45) is 44.4 Å². The molecule has 1 aromatic heterocycles. The molecule has 0 radical (unpaired) electrons. The molecule has 1 fully saturated rings. The fourth-order valence-electron chi connectivity index (χ4n) is 9.12. The topological polar surface area (TPSA) is 501 Å². The summed E-state index contributed by atoms with van der Waals surface area (Å²) in [6.45, 7) is 1.24.